The van der Waals surface area contributed by atoms with Crippen molar-refractivity contribution >= 4 is 0 Å². The Balaban J connectivity index is 1.97. The Labute approximate surface area is 120 Å². The lowest BCUT2D eigenvalue weighted by atomic mass is 9.85. The van der Waals surface area contributed by atoms with Gasteiger partial charge in [-0.1, -0.05) is 32.9 Å². The molecule has 1 aliphatic rings. The molecule has 1 N–H and O–H groups in total. The third-order valence-electron chi connectivity index (χ3n) is 4.17. The Hall–Kier alpha value is -0.340. The average Bonchev–Trinajstić information content (AvgIpc) is 2.38. The first-order valence-corrected chi connectivity index (χ1v) is 8.05. The summed E-state index contributed by atoms with van der Waals surface area (Å²) in [5.41, 5.74) is 0. The summed E-state index contributed by atoms with van der Waals surface area (Å²) in [4.78, 5) is 0. The van der Waals surface area contributed by atoms with Gasteiger partial charge in [0.15, 0.2) is 0 Å². The van der Waals surface area contributed by atoms with Crippen molar-refractivity contribution in [3.05, 3.63) is 12.2 Å². The number of allylic oxidation sites excluding steroid dienone is 2. The van der Waals surface area contributed by atoms with E-state index in [1.54, 1.807) is 0 Å². The highest BCUT2D eigenvalue weighted by molar-refractivity contribution is 4.93. The van der Waals surface area contributed by atoms with Crippen LogP contribution >= 0.6 is 0 Å². The fourth-order valence-corrected chi connectivity index (χ4v) is 2.54. The molecule has 2 heteroatoms. The topological polar surface area (TPSA) is 21.3 Å². The lowest BCUT2D eigenvalue weighted by Crippen LogP contribution is -2.30. The number of hydrogen-bond donors (Lipinski definition) is 1. The molecule has 19 heavy (non-hydrogen) atoms. The van der Waals surface area contributed by atoms with E-state index in [1.165, 1.54) is 25.7 Å². The molecule has 1 rings (SSSR count). The highest BCUT2D eigenvalue weighted by Crippen LogP contribution is 2.24. The summed E-state index contributed by atoms with van der Waals surface area (Å²) >= 11 is 0. The van der Waals surface area contributed by atoms with Crippen LogP contribution in [0.15, 0.2) is 12.2 Å². The molecule has 0 fully saturated rings. The lowest BCUT2D eigenvalue weighted by molar-refractivity contribution is 0.0796. The number of rotatable bonds is 9. The number of hydrogen-bond acceptors (Lipinski definition) is 2. The molecule has 0 aromatic heterocycles. The van der Waals surface area contributed by atoms with E-state index < -0.39 is 0 Å². The van der Waals surface area contributed by atoms with E-state index in [0.717, 1.165) is 37.5 Å². The Morgan fingerprint density at radius 3 is 2.58 bits per heavy atom. The molecule has 0 aromatic carbocycles. The standard InChI is InChI=1S/C17H33NO/c1-14(2)9-10-16(4)18-11-12-19-13-17-8-6-5-7-15(17)3/h5-6,14-18H,7-13H2,1-4H3. The molecule has 0 aliphatic heterocycles. The van der Waals surface area contributed by atoms with Gasteiger partial charge in [0.2, 0.25) is 0 Å². The summed E-state index contributed by atoms with van der Waals surface area (Å²) in [6.07, 6.45) is 9.60. The van der Waals surface area contributed by atoms with E-state index in [9.17, 15) is 0 Å². The summed E-state index contributed by atoms with van der Waals surface area (Å²) in [7, 11) is 0. The van der Waals surface area contributed by atoms with Crippen LogP contribution in [0.4, 0.5) is 0 Å². The fourth-order valence-electron chi connectivity index (χ4n) is 2.54. The molecule has 0 saturated heterocycles. The maximum atomic E-state index is 5.82. The molecule has 3 unspecified atom stereocenters. The van der Waals surface area contributed by atoms with E-state index in [2.05, 4.69) is 45.2 Å². The lowest BCUT2D eigenvalue weighted by Gasteiger charge is -2.25. The predicted molar refractivity (Wildman–Crippen MR) is 83.4 cm³/mol. The van der Waals surface area contributed by atoms with E-state index in [4.69, 9.17) is 4.74 Å². The normalized spacial score (nSPS) is 24.9. The second-order valence-electron chi connectivity index (χ2n) is 6.58. The minimum atomic E-state index is 0.613. The monoisotopic (exact) mass is 267 g/mol. The van der Waals surface area contributed by atoms with Crippen LogP contribution in [-0.2, 0) is 4.74 Å². The van der Waals surface area contributed by atoms with Gasteiger partial charge < -0.3 is 10.1 Å². The van der Waals surface area contributed by atoms with Crippen LogP contribution in [0.2, 0.25) is 0 Å². The van der Waals surface area contributed by atoms with Crippen LogP contribution in [0.25, 0.3) is 0 Å². The first kappa shape index (κ1) is 16.7. The van der Waals surface area contributed by atoms with Gasteiger partial charge in [-0.2, -0.15) is 0 Å². The van der Waals surface area contributed by atoms with Crippen LogP contribution in [0.1, 0.15) is 53.4 Å². The van der Waals surface area contributed by atoms with Crippen molar-refractivity contribution in [1.82, 2.24) is 5.32 Å². The Kier molecular flexibility index (Phi) is 8.40. The summed E-state index contributed by atoms with van der Waals surface area (Å²) in [6.45, 7) is 11.9. The number of ether oxygens (including phenoxy) is 1. The van der Waals surface area contributed by atoms with Gasteiger partial charge in [0.25, 0.3) is 0 Å². The zero-order valence-electron chi connectivity index (χ0n) is 13.3. The van der Waals surface area contributed by atoms with Crippen LogP contribution in [0.3, 0.4) is 0 Å². The minimum absolute atomic E-state index is 0.613. The van der Waals surface area contributed by atoms with Gasteiger partial charge in [0, 0.05) is 12.6 Å². The molecule has 112 valence electrons. The molecule has 3 atom stereocenters. The molecule has 1 aliphatic carbocycles. The first-order chi connectivity index (χ1) is 9.09. The highest BCUT2D eigenvalue weighted by Gasteiger charge is 2.17. The van der Waals surface area contributed by atoms with Gasteiger partial charge in [-0.25, -0.2) is 0 Å². The summed E-state index contributed by atoms with van der Waals surface area (Å²) < 4.78 is 5.82. The van der Waals surface area contributed by atoms with Crippen LogP contribution < -0.4 is 5.32 Å². The molecule has 0 spiro atoms. The molecular weight excluding hydrogens is 234 g/mol. The molecule has 0 bridgehead atoms. The smallest absolute Gasteiger partial charge is 0.0591 e. The molecular formula is C17H33NO. The van der Waals surface area contributed by atoms with E-state index in [0.29, 0.717) is 6.04 Å². The second-order valence-corrected chi connectivity index (χ2v) is 6.58. The zero-order valence-corrected chi connectivity index (χ0v) is 13.3. The van der Waals surface area contributed by atoms with Gasteiger partial charge >= 0.3 is 0 Å². The number of nitrogens with one attached hydrogen (secondary N) is 1. The third-order valence-corrected chi connectivity index (χ3v) is 4.17. The maximum Gasteiger partial charge on any atom is 0.0591 e. The predicted octanol–water partition coefficient (Wildman–Crippen LogP) is 4.02. The molecule has 0 saturated carbocycles. The van der Waals surface area contributed by atoms with Crippen molar-refractivity contribution in [2.45, 2.75) is 59.4 Å². The van der Waals surface area contributed by atoms with Crippen molar-refractivity contribution in [3.8, 4) is 0 Å². The SMILES string of the molecule is CC(C)CCC(C)NCCOCC1CC=CCC1C. The van der Waals surface area contributed by atoms with Crippen LogP contribution in [-0.4, -0.2) is 25.8 Å². The minimum Gasteiger partial charge on any atom is -0.380 e. The van der Waals surface area contributed by atoms with E-state index in [1.807, 2.05) is 0 Å². The summed E-state index contributed by atoms with van der Waals surface area (Å²) in [5, 5.41) is 3.55. The largest absolute Gasteiger partial charge is 0.380 e. The summed E-state index contributed by atoms with van der Waals surface area (Å²) in [5.74, 6) is 2.31. The summed E-state index contributed by atoms with van der Waals surface area (Å²) in [6, 6.07) is 0.613. The Morgan fingerprint density at radius 1 is 1.16 bits per heavy atom. The van der Waals surface area contributed by atoms with Gasteiger partial charge in [0.05, 0.1) is 13.2 Å². The van der Waals surface area contributed by atoms with Crippen LogP contribution in [0.5, 0.6) is 0 Å². The van der Waals surface area contributed by atoms with Crippen molar-refractivity contribution in [3.63, 3.8) is 0 Å². The fraction of sp³-hybridized carbons (Fsp3) is 0.882. The van der Waals surface area contributed by atoms with Crippen molar-refractivity contribution in [1.29, 1.82) is 0 Å². The van der Waals surface area contributed by atoms with E-state index in [-0.39, 0.29) is 0 Å². The second kappa shape index (κ2) is 9.55. The molecule has 0 radical (unpaired) electrons. The highest BCUT2D eigenvalue weighted by atomic mass is 16.5. The third kappa shape index (κ3) is 7.74. The van der Waals surface area contributed by atoms with Crippen LogP contribution in [0, 0.1) is 17.8 Å². The van der Waals surface area contributed by atoms with Gasteiger partial charge in [-0.15, -0.1) is 0 Å². The van der Waals surface area contributed by atoms with Crippen molar-refractivity contribution < 1.29 is 4.74 Å². The first-order valence-electron chi connectivity index (χ1n) is 8.05. The quantitative estimate of drug-likeness (QED) is 0.503. The van der Waals surface area contributed by atoms with E-state index >= 15 is 0 Å². The molecule has 2 nitrogen and oxygen atoms in total. The van der Waals surface area contributed by atoms with Crippen molar-refractivity contribution in [2.75, 3.05) is 19.8 Å². The Morgan fingerprint density at radius 2 is 1.89 bits per heavy atom. The van der Waals surface area contributed by atoms with Gasteiger partial charge in [-0.3, -0.25) is 0 Å². The van der Waals surface area contributed by atoms with Gasteiger partial charge in [0.1, 0.15) is 0 Å². The Bertz CT molecular complexity index is 250. The molecule has 0 aromatic rings. The van der Waals surface area contributed by atoms with Crippen molar-refractivity contribution in [2.24, 2.45) is 17.8 Å². The maximum absolute atomic E-state index is 5.82. The van der Waals surface area contributed by atoms with Gasteiger partial charge in [-0.05, 0) is 50.4 Å². The average molecular weight is 267 g/mol. The molecule has 0 amide bonds. The zero-order chi connectivity index (χ0) is 14.1. The molecule has 0 heterocycles.